The lowest BCUT2D eigenvalue weighted by Crippen LogP contribution is -2.47. The maximum Gasteiger partial charge on any atom is 0.255 e. The summed E-state index contributed by atoms with van der Waals surface area (Å²) in [7, 11) is -2.58. The lowest BCUT2D eigenvalue weighted by atomic mass is 10.2. The summed E-state index contributed by atoms with van der Waals surface area (Å²) in [5.74, 6) is -0.530. The van der Waals surface area contributed by atoms with Gasteiger partial charge in [0.15, 0.2) is 0 Å². The maximum atomic E-state index is 13.0. The molecule has 0 aromatic heterocycles. The van der Waals surface area contributed by atoms with Gasteiger partial charge in [-0.1, -0.05) is 12.1 Å². The summed E-state index contributed by atoms with van der Waals surface area (Å²) >= 11 is 0. The normalized spacial score (nSPS) is 16.3. The van der Waals surface area contributed by atoms with E-state index in [0.29, 0.717) is 37.4 Å². The van der Waals surface area contributed by atoms with E-state index in [1.54, 1.807) is 19.1 Å². The molecule has 2 aromatic rings. The molecule has 0 radical (unpaired) electrons. The third kappa shape index (κ3) is 5.02. The first kappa shape index (κ1) is 24.3. The molecule has 32 heavy (non-hydrogen) atoms. The Morgan fingerprint density at radius 3 is 2.25 bits per heavy atom. The van der Waals surface area contributed by atoms with Gasteiger partial charge in [-0.3, -0.25) is 4.79 Å². The number of benzene rings is 2. The van der Waals surface area contributed by atoms with Crippen molar-refractivity contribution in [2.45, 2.75) is 16.7 Å². The SMILES string of the molecule is Cc1ccc(NC(=O)c2cccc(S(=O)(=O)N3CCN(C)CC3)c2)cc1S(=O)(=O)N(C)C. The largest absolute Gasteiger partial charge is 0.322 e. The van der Waals surface area contributed by atoms with Crippen LogP contribution in [0.2, 0.25) is 0 Å². The molecule has 1 aliphatic heterocycles. The third-order valence-electron chi connectivity index (χ3n) is 5.40. The molecule has 9 nitrogen and oxygen atoms in total. The van der Waals surface area contributed by atoms with Gasteiger partial charge in [0, 0.05) is 51.5 Å². The number of aryl methyl sites for hydroxylation is 1. The first-order valence-electron chi connectivity index (χ1n) is 10.1. The van der Waals surface area contributed by atoms with Crippen molar-refractivity contribution < 1.29 is 21.6 Å². The van der Waals surface area contributed by atoms with Crippen molar-refractivity contribution in [3.05, 3.63) is 53.6 Å². The molecule has 1 heterocycles. The molecule has 174 valence electrons. The monoisotopic (exact) mass is 480 g/mol. The predicted octanol–water partition coefficient (Wildman–Crippen LogP) is 1.43. The Balaban J connectivity index is 1.84. The number of piperazine rings is 1. The molecule has 2 aromatic carbocycles. The van der Waals surface area contributed by atoms with Crippen LogP contribution in [0.15, 0.2) is 52.3 Å². The van der Waals surface area contributed by atoms with Crippen molar-refractivity contribution in [3.63, 3.8) is 0 Å². The molecule has 0 bridgehead atoms. The fourth-order valence-electron chi connectivity index (χ4n) is 3.33. The Bertz CT molecular complexity index is 1220. The van der Waals surface area contributed by atoms with Crippen LogP contribution in [-0.4, -0.2) is 83.6 Å². The molecule has 1 aliphatic rings. The molecular weight excluding hydrogens is 452 g/mol. The van der Waals surface area contributed by atoms with E-state index in [0.717, 1.165) is 4.31 Å². The number of carbonyl (C=O) groups is 1. The van der Waals surface area contributed by atoms with E-state index < -0.39 is 26.0 Å². The number of hydrogen-bond acceptors (Lipinski definition) is 6. The highest BCUT2D eigenvalue weighted by Crippen LogP contribution is 2.24. The zero-order valence-electron chi connectivity index (χ0n) is 18.6. The Hall–Kier alpha value is -2.31. The summed E-state index contributed by atoms with van der Waals surface area (Å²) in [6, 6.07) is 10.5. The number of amides is 1. The molecule has 0 atom stereocenters. The van der Waals surface area contributed by atoms with Crippen LogP contribution >= 0.6 is 0 Å². The summed E-state index contributed by atoms with van der Waals surface area (Å²) in [6.07, 6.45) is 0. The number of nitrogens with zero attached hydrogens (tertiary/aromatic N) is 3. The number of rotatable bonds is 6. The van der Waals surface area contributed by atoms with Crippen molar-refractivity contribution in [2.75, 3.05) is 52.6 Å². The van der Waals surface area contributed by atoms with Crippen LogP contribution in [0.5, 0.6) is 0 Å². The highest BCUT2D eigenvalue weighted by Gasteiger charge is 2.28. The lowest BCUT2D eigenvalue weighted by Gasteiger charge is -2.31. The topological polar surface area (TPSA) is 107 Å². The van der Waals surface area contributed by atoms with Gasteiger partial charge in [-0.15, -0.1) is 0 Å². The number of hydrogen-bond donors (Lipinski definition) is 1. The number of anilines is 1. The van der Waals surface area contributed by atoms with E-state index in [1.807, 2.05) is 7.05 Å². The van der Waals surface area contributed by atoms with Crippen molar-refractivity contribution in [1.29, 1.82) is 0 Å². The molecule has 1 fully saturated rings. The van der Waals surface area contributed by atoms with E-state index in [4.69, 9.17) is 0 Å². The molecular formula is C21H28N4O5S2. The van der Waals surface area contributed by atoms with Crippen LogP contribution in [0.25, 0.3) is 0 Å². The molecule has 1 N–H and O–H groups in total. The van der Waals surface area contributed by atoms with Crippen LogP contribution < -0.4 is 5.32 Å². The van der Waals surface area contributed by atoms with E-state index >= 15 is 0 Å². The van der Waals surface area contributed by atoms with Gasteiger partial charge in [0.2, 0.25) is 20.0 Å². The zero-order valence-corrected chi connectivity index (χ0v) is 20.2. The minimum atomic E-state index is -3.71. The molecule has 1 amide bonds. The minimum absolute atomic E-state index is 0.0504. The smallest absolute Gasteiger partial charge is 0.255 e. The van der Waals surface area contributed by atoms with Crippen molar-refractivity contribution >= 4 is 31.6 Å². The third-order valence-corrected chi connectivity index (χ3v) is 9.25. The van der Waals surface area contributed by atoms with Crippen LogP contribution in [0, 0.1) is 6.92 Å². The quantitative estimate of drug-likeness (QED) is 0.670. The van der Waals surface area contributed by atoms with Crippen LogP contribution in [-0.2, 0) is 20.0 Å². The summed E-state index contributed by atoms with van der Waals surface area (Å²) in [5, 5.41) is 2.66. The number of likely N-dealkylation sites (N-methyl/N-ethyl adjacent to an activating group) is 1. The second-order valence-electron chi connectivity index (χ2n) is 7.96. The predicted molar refractivity (Wildman–Crippen MR) is 123 cm³/mol. The lowest BCUT2D eigenvalue weighted by molar-refractivity contribution is 0.102. The number of sulfonamides is 2. The van der Waals surface area contributed by atoms with Gasteiger partial charge in [-0.25, -0.2) is 21.1 Å². The highest BCUT2D eigenvalue weighted by atomic mass is 32.2. The Morgan fingerprint density at radius 1 is 0.969 bits per heavy atom. The van der Waals surface area contributed by atoms with Gasteiger partial charge >= 0.3 is 0 Å². The molecule has 11 heteroatoms. The van der Waals surface area contributed by atoms with Crippen LogP contribution in [0.3, 0.4) is 0 Å². The number of nitrogens with one attached hydrogen (secondary N) is 1. The van der Waals surface area contributed by atoms with Crippen molar-refractivity contribution in [3.8, 4) is 0 Å². The fourth-order valence-corrected chi connectivity index (χ4v) is 5.94. The van der Waals surface area contributed by atoms with E-state index in [9.17, 15) is 21.6 Å². The summed E-state index contributed by atoms with van der Waals surface area (Å²) in [6.45, 7) is 3.74. The van der Waals surface area contributed by atoms with Crippen molar-refractivity contribution in [2.24, 2.45) is 0 Å². The first-order chi connectivity index (χ1) is 14.9. The van der Waals surface area contributed by atoms with Crippen LogP contribution in [0.4, 0.5) is 5.69 Å². The summed E-state index contributed by atoms with van der Waals surface area (Å²) in [5.41, 5.74) is 1.02. The zero-order chi connectivity index (χ0) is 23.7. The number of carbonyl (C=O) groups excluding carboxylic acids is 1. The van der Waals surface area contributed by atoms with Gasteiger partial charge in [-0.2, -0.15) is 4.31 Å². The standard InChI is InChI=1S/C21H28N4O5S2/c1-16-8-9-18(15-20(16)32(29,30)23(2)3)22-21(26)17-6-5-7-19(14-17)31(27,28)25-12-10-24(4)11-13-25/h5-9,14-15H,10-13H2,1-4H3,(H,22,26). The summed E-state index contributed by atoms with van der Waals surface area (Å²) in [4.78, 5) is 15.0. The van der Waals surface area contributed by atoms with E-state index in [1.165, 1.54) is 48.7 Å². The highest BCUT2D eigenvalue weighted by molar-refractivity contribution is 7.89. The molecule has 0 aliphatic carbocycles. The molecule has 3 rings (SSSR count). The Morgan fingerprint density at radius 2 is 1.62 bits per heavy atom. The van der Waals surface area contributed by atoms with Crippen molar-refractivity contribution in [1.82, 2.24) is 13.5 Å². The second kappa shape index (κ2) is 9.28. The first-order valence-corrected chi connectivity index (χ1v) is 12.9. The van der Waals surface area contributed by atoms with Gasteiger partial charge in [0.1, 0.15) is 0 Å². The molecule has 0 spiro atoms. The molecule has 0 saturated carbocycles. The second-order valence-corrected chi connectivity index (χ2v) is 12.0. The minimum Gasteiger partial charge on any atom is -0.322 e. The van der Waals surface area contributed by atoms with E-state index in [2.05, 4.69) is 10.2 Å². The summed E-state index contributed by atoms with van der Waals surface area (Å²) < 4.78 is 53.5. The maximum absolute atomic E-state index is 13.0. The van der Waals surface area contributed by atoms with E-state index in [-0.39, 0.29) is 15.4 Å². The average molecular weight is 481 g/mol. The average Bonchev–Trinajstić information content (AvgIpc) is 2.75. The molecule has 1 saturated heterocycles. The Kier molecular flexibility index (Phi) is 7.06. The van der Waals surface area contributed by atoms with Gasteiger partial charge in [-0.05, 0) is 49.9 Å². The van der Waals surface area contributed by atoms with Crippen LogP contribution in [0.1, 0.15) is 15.9 Å². The van der Waals surface area contributed by atoms with Gasteiger partial charge in [0.05, 0.1) is 9.79 Å². The molecule has 0 unspecified atom stereocenters. The van der Waals surface area contributed by atoms with Gasteiger partial charge < -0.3 is 10.2 Å². The van der Waals surface area contributed by atoms with Gasteiger partial charge in [0.25, 0.3) is 5.91 Å². The fraction of sp³-hybridized carbons (Fsp3) is 0.381. The Labute approximate surface area is 189 Å².